The number of imidazole rings is 1. The Labute approximate surface area is 133 Å². The summed E-state index contributed by atoms with van der Waals surface area (Å²) in [5.74, 6) is -3.91. The van der Waals surface area contributed by atoms with E-state index in [4.69, 9.17) is 0 Å². The van der Waals surface area contributed by atoms with Crippen LogP contribution in [0.3, 0.4) is 0 Å². The average Bonchev–Trinajstić information content (AvgIpc) is 2.83. The molecule has 0 aliphatic rings. The Morgan fingerprint density at radius 2 is 1.87 bits per heavy atom. The van der Waals surface area contributed by atoms with E-state index in [1.165, 1.54) is 13.8 Å². The van der Waals surface area contributed by atoms with E-state index < -0.39 is 32.2 Å². The Morgan fingerprint density at radius 3 is 2.13 bits per heavy atom. The van der Waals surface area contributed by atoms with Crippen molar-refractivity contribution in [2.24, 2.45) is 10.8 Å². The molecule has 0 aliphatic heterocycles. The lowest BCUT2D eigenvalue weighted by Crippen LogP contribution is -2.23. The third-order valence-electron chi connectivity index (χ3n) is 2.01. The van der Waals surface area contributed by atoms with Gasteiger partial charge in [0.25, 0.3) is 10.0 Å². The summed E-state index contributed by atoms with van der Waals surface area (Å²) in [6.07, 6.45) is 5.23. The van der Waals surface area contributed by atoms with Crippen molar-refractivity contribution in [3.63, 3.8) is 0 Å². The number of halogens is 3. The summed E-state index contributed by atoms with van der Waals surface area (Å²) in [7, 11) is -8.11. The van der Waals surface area contributed by atoms with E-state index in [1.807, 2.05) is 21.6 Å². The molecule has 0 spiro atoms. The van der Waals surface area contributed by atoms with Gasteiger partial charge in [-0.25, -0.2) is 17.5 Å². The molecule has 13 heteroatoms. The molecule has 1 aromatic heterocycles. The Kier molecular flexibility index (Phi) is 8.73. The second-order valence-corrected chi connectivity index (χ2v) is 7.55. The van der Waals surface area contributed by atoms with Gasteiger partial charge in [0.05, 0.1) is 19.7 Å². The molecule has 1 aromatic rings. The van der Waals surface area contributed by atoms with E-state index in [2.05, 4.69) is 32.6 Å². The molecule has 1 rings (SSSR count). The molecule has 23 heavy (non-hydrogen) atoms. The Morgan fingerprint density at radius 1 is 1.30 bits per heavy atom. The molecule has 0 aliphatic carbocycles. The third-order valence-corrected chi connectivity index (χ3v) is 4.83. The molecule has 0 aromatic carbocycles. The van der Waals surface area contributed by atoms with Crippen molar-refractivity contribution in [3.05, 3.63) is 18.7 Å². The predicted molar refractivity (Wildman–Crippen MR) is 75.2 cm³/mol. The van der Waals surface area contributed by atoms with Crippen LogP contribution in [0.15, 0.2) is 22.5 Å². The first-order valence-corrected chi connectivity index (χ1v) is 9.12. The Balaban J connectivity index is 0.000000502. The zero-order valence-electron chi connectivity index (χ0n) is 12.9. The van der Waals surface area contributed by atoms with Gasteiger partial charge >= 0.3 is 16.1 Å². The fourth-order valence-corrected chi connectivity index (χ4v) is 3.20. The number of hydrogen-bond acceptors (Lipinski definition) is 5. The van der Waals surface area contributed by atoms with E-state index >= 15 is 0 Å². The van der Waals surface area contributed by atoms with Gasteiger partial charge in [-0.3, -0.25) is 0 Å². The lowest BCUT2D eigenvalue weighted by Gasteiger charge is -2.05. The van der Waals surface area contributed by atoms with Crippen LogP contribution >= 0.6 is 0 Å². The van der Waals surface area contributed by atoms with Crippen LogP contribution in [0.2, 0.25) is 0 Å². The van der Waals surface area contributed by atoms with Crippen LogP contribution in [0.25, 0.3) is 0 Å². The summed E-state index contributed by atoms with van der Waals surface area (Å²) in [6, 6.07) is 0. The van der Waals surface area contributed by atoms with Gasteiger partial charge in [0.2, 0.25) is 6.33 Å². The predicted octanol–water partition coefficient (Wildman–Crippen LogP) is 1.50. The maximum absolute atomic E-state index is 11.9. The minimum Gasteiger partial charge on any atom is -0.249 e. The van der Waals surface area contributed by atoms with Gasteiger partial charge in [0.1, 0.15) is 12.4 Å². The standard InChI is InChI=1S/C6H11N2.C4H8F3NO5S2/c1-3-8-5-4-7(2)6-8;1-3(2)12-15(10,11)8-14(9,13-7)4(5)6/h4-6H,3H2,1-2H3;3-4H,1-2H3/q+1;. The first-order valence-electron chi connectivity index (χ1n) is 6.25. The second-order valence-electron chi connectivity index (χ2n) is 4.40. The number of alkyl halides is 2. The monoisotopic (exact) mass is 382 g/mol. The van der Waals surface area contributed by atoms with Crippen LogP contribution in [0.1, 0.15) is 20.8 Å². The molecule has 0 radical (unpaired) electrons. The highest BCUT2D eigenvalue weighted by atomic mass is 32.3. The molecule has 1 atom stereocenters. The van der Waals surface area contributed by atoms with Crippen LogP contribution in [-0.4, -0.2) is 29.1 Å². The van der Waals surface area contributed by atoms with Crippen LogP contribution in [0.5, 0.6) is 0 Å². The molecular weight excluding hydrogens is 363 g/mol. The lowest BCUT2D eigenvalue weighted by molar-refractivity contribution is -0.671. The van der Waals surface area contributed by atoms with Gasteiger partial charge in [0, 0.05) is 0 Å². The van der Waals surface area contributed by atoms with Crippen molar-refractivity contribution in [1.82, 2.24) is 4.57 Å². The highest BCUT2D eigenvalue weighted by molar-refractivity contribution is 7.98. The fraction of sp³-hybridized carbons (Fsp3) is 0.700. The average molecular weight is 382 g/mol. The van der Waals surface area contributed by atoms with Crippen LogP contribution < -0.4 is 4.57 Å². The Hall–Kier alpha value is -1.18. The van der Waals surface area contributed by atoms with Crippen LogP contribution in [0.4, 0.5) is 13.3 Å². The van der Waals surface area contributed by atoms with Crippen molar-refractivity contribution >= 4 is 20.3 Å². The topological polar surface area (TPSA) is 90.8 Å². The van der Waals surface area contributed by atoms with Crippen LogP contribution in [0, 0.1) is 0 Å². The second kappa shape index (κ2) is 9.20. The van der Waals surface area contributed by atoms with Crippen molar-refractivity contribution in [2.75, 3.05) is 0 Å². The molecule has 8 nitrogen and oxygen atoms in total. The van der Waals surface area contributed by atoms with Gasteiger partial charge in [-0.05, 0) is 25.3 Å². The number of aromatic nitrogens is 2. The summed E-state index contributed by atoms with van der Waals surface area (Å²) in [6.45, 7) is 5.70. The van der Waals surface area contributed by atoms with Gasteiger partial charge in [-0.2, -0.15) is 17.2 Å². The molecule has 0 N–H and O–H groups in total. The maximum Gasteiger partial charge on any atom is 0.391 e. The van der Waals surface area contributed by atoms with Gasteiger partial charge in [0.15, 0.2) is 0 Å². The zero-order chi connectivity index (χ0) is 18.3. The smallest absolute Gasteiger partial charge is 0.249 e. The van der Waals surface area contributed by atoms with Gasteiger partial charge < -0.3 is 0 Å². The lowest BCUT2D eigenvalue weighted by atomic mass is 10.5. The molecular formula is C10H19F3N3O5S2+. The van der Waals surface area contributed by atoms with Crippen LogP contribution in [-0.2, 0) is 42.5 Å². The summed E-state index contributed by atoms with van der Waals surface area (Å²) >= 11 is 0. The number of nitrogens with zero attached hydrogens (tertiary/aromatic N) is 3. The summed E-state index contributed by atoms with van der Waals surface area (Å²) < 4.78 is 80.1. The molecule has 0 amide bonds. The quantitative estimate of drug-likeness (QED) is 0.696. The van der Waals surface area contributed by atoms with E-state index in [0.29, 0.717) is 0 Å². The summed E-state index contributed by atoms with van der Waals surface area (Å²) in [4.78, 5) is 0. The molecule has 0 bridgehead atoms. The van der Waals surface area contributed by atoms with E-state index in [-0.39, 0.29) is 0 Å². The number of hydrogen-bond donors (Lipinski definition) is 0. The highest BCUT2D eigenvalue weighted by Gasteiger charge is 2.29. The third kappa shape index (κ3) is 8.29. The minimum atomic E-state index is -5.23. The Bertz CT molecular complexity index is 696. The fourth-order valence-electron chi connectivity index (χ4n) is 1.15. The number of rotatable bonds is 6. The van der Waals surface area contributed by atoms with Gasteiger partial charge in [-0.15, -0.1) is 0 Å². The number of aryl methyl sites for hydroxylation is 2. The SMILES string of the molecule is CC(C)OS(=O)(=O)N=S(=O)(OF)C(F)F.CCn1cc[n+](C)c1. The van der Waals surface area contributed by atoms with Crippen molar-refractivity contribution in [1.29, 1.82) is 0 Å². The van der Waals surface area contributed by atoms with Crippen molar-refractivity contribution < 1.29 is 39.1 Å². The first-order chi connectivity index (χ1) is 10.5. The molecule has 0 saturated heterocycles. The first kappa shape index (κ1) is 21.8. The minimum absolute atomic E-state index is 0.917. The van der Waals surface area contributed by atoms with E-state index in [0.717, 1.165) is 6.54 Å². The zero-order valence-corrected chi connectivity index (χ0v) is 14.6. The molecule has 0 saturated carbocycles. The van der Waals surface area contributed by atoms with Crippen molar-refractivity contribution in [3.8, 4) is 0 Å². The molecule has 1 heterocycles. The largest absolute Gasteiger partial charge is 0.391 e. The molecule has 136 valence electrons. The summed E-state index contributed by atoms with van der Waals surface area (Å²) in [5.41, 5.74) is 0. The molecule has 0 fully saturated rings. The normalized spacial score (nSPS) is 14.3. The highest BCUT2D eigenvalue weighted by Crippen LogP contribution is 2.15. The van der Waals surface area contributed by atoms with Gasteiger partial charge in [-0.1, -0.05) is 8.16 Å². The van der Waals surface area contributed by atoms with E-state index in [1.54, 1.807) is 0 Å². The molecule has 1 unspecified atom stereocenters. The van der Waals surface area contributed by atoms with E-state index in [9.17, 15) is 25.9 Å². The van der Waals surface area contributed by atoms with Crippen molar-refractivity contribution in [2.45, 2.75) is 39.2 Å². The maximum atomic E-state index is 11.9. The summed E-state index contributed by atoms with van der Waals surface area (Å²) in [5, 5.41) is 0.